The molecule has 1 saturated heterocycles. The quantitative estimate of drug-likeness (QED) is 0.826. The van der Waals surface area contributed by atoms with Gasteiger partial charge in [-0.25, -0.2) is 9.97 Å². The van der Waals surface area contributed by atoms with E-state index in [2.05, 4.69) is 39.1 Å². The summed E-state index contributed by atoms with van der Waals surface area (Å²) < 4.78 is 5.54. The molecule has 1 aliphatic carbocycles. The van der Waals surface area contributed by atoms with Crippen LogP contribution in [-0.2, 0) is 0 Å². The van der Waals surface area contributed by atoms with Gasteiger partial charge >= 0.3 is 0 Å². The molecule has 27 heavy (non-hydrogen) atoms. The predicted octanol–water partition coefficient (Wildman–Crippen LogP) is 3.92. The molecule has 2 fully saturated rings. The summed E-state index contributed by atoms with van der Waals surface area (Å²) in [5, 5.41) is 0. The van der Waals surface area contributed by atoms with Gasteiger partial charge in [-0.2, -0.15) is 0 Å². The van der Waals surface area contributed by atoms with E-state index in [1.165, 1.54) is 5.56 Å². The van der Waals surface area contributed by atoms with Crippen LogP contribution in [0.5, 0.6) is 5.75 Å². The third-order valence-corrected chi connectivity index (χ3v) is 5.66. The zero-order valence-electron chi connectivity index (χ0n) is 15.6. The number of para-hydroxylation sites is 1. The molecule has 148 valence electrons. The van der Waals surface area contributed by atoms with Gasteiger partial charge in [-0.15, -0.1) is 24.8 Å². The van der Waals surface area contributed by atoms with Crippen molar-refractivity contribution in [1.29, 1.82) is 0 Å². The van der Waals surface area contributed by atoms with Gasteiger partial charge in [-0.1, -0.05) is 18.2 Å². The fourth-order valence-electron chi connectivity index (χ4n) is 4.08. The van der Waals surface area contributed by atoms with Crippen molar-refractivity contribution in [3.63, 3.8) is 0 Å². The minimum Gasteiger partial charge on any atom is -0.496 e. The molecule has 0 unspecified atom stereocenters. The van der Waals surface area contributed by atoms with E-state index < -0.39 is 0 Å². The molecule has 0 spiro atoms. The Morgan fingerprint density at radius 1 is 1.04 bits per heavy atom. The van der Waals surface area contributed by atoms with Crippen LogP contribution in [-0.4, -0.2) is 36.2 Å². The maximum Gasteiger partial charge on any atom is 0.132 e. The summed E-state index contributed by atoms with van der Waals surface area (Å²) in [5.41, 5.74) is 8.40. The lowest BCUT2D eigenvalue weighted by Gasteiger charge is -2.35. The molecule has 0 amide bonds. The molecular weight excluding hydrogens is 383 g/mol. The predicted molar refractivity (Wildman–Crippen MR) is 114 cm³/mol. The smallest absolute Gasteiger partial charge is 0.132 e. The Bertz CT molecular complexity index is 731. The van der Waals surface area contributed by atoms with Crippen molar-refractivity contribution in [1.82, 2.24) is 9.97 Å². The average molecular weight is 411 g/mol. The van der Waals surface area contributed by atoms with Gasteiger partial charge in [0.15, 0.2) is 0 Å². The van der Waals surface area contributed by atoms with Crippen LogP contribution in [0, 0.1) is 0 Å². The van der Waals surface area contributed by atoms with E-state index in [1.54, 1.807) is 13.4 Å². The van der Waals surface area contributed by atoms with Crippen LogP contribution in [0.15, 0.2) is 36.7 Å². The maximum atomic E-state index is 5.92. The molecule has 1 aliphatic heterocycles. The van der Waals surface area contributed by atoms with Crippen molar-refractivity contribution in [3.8, 4) is 5.75 Å². The third-order valence-electron chi connectivity index (χ3n) is 5.66. The van der Waals surface area contributed by atoms with Gasteiger partial charge in [-0.05, 0) is 43.2 Å². The van der Waals surface area contributed by atoms with E-state index in [4.69, 9.17) is 10.5 Å². The Morgan fingerprint density at radius 2 is 1.74 bits per heavy atom. The lowest BCUT2D eigenvalue weighted by molar-refractivity contribution is 0.345. The first-order chi connectivity index (χ1) is 12.2. The summed E-state index contributed by atoms with van der Waals surface area (Å²) in [7, 11) is 1.75. The lowest BCUT2D eigenvalue weighted by Crippen LogP contribution is -2.36. The first kappa shape index (κ1) is 21.7. The second-order valence-electron chi connectivity index (χ2n) is 7.23. The summed E-state index contributed by atoms with van der Waals surface area (Å²) >= 11 is 0. The minimum absolute atomic E-state index is 0. The molecule has 2 aliphatic rings. The Kier molecular flexibility index (Phi) is 7.71. The second kappa shape index (κ2) is 9.58. The highest BCUT2D eigenvalue weighted by atomic mass is 35.5. The molecule has 7 heteroatoms. The number of rotatable bonds is 4. The molecule has 0 bridgehead atoms. The second-order valence-corrected chi connectivity index (χ2v) is 7.23. The molecule has 1 aromatic carbocycles. The zero-order chi connectivity index (χ0) is 17.2. The van der Waals surface area contributed by atoms with Gasteiger partial charge < -0.3 is 15.4 Å². The van der Waals surface area contributed by atoms with Crippen molar-refractivity contribution < 1.29 is 4.74 Å². The van der Waals surface area contributed by atoms with Crippen molar-refractivity contribution in [2.45, 2.75) is 43.6 Å². The molecule has 0 atom stereocenters. The molecule has 0 radical (unpaired) electrons. The summed E-state index contributed by atoms with van der Waals surface area (Å²) in [6, 6.07) is 10.9. The van der Waals surface area contributed by atoms with Crippen LogP contribution in [0.2, 0.25) is 0 Å². The Hall–Kier alpha value is -1.56. The topological polar surface area (TPSA) is 64.3 Å². The van der Waals surface area contributed by atoms with Crippen molar-refractivity contribution in [2.24, 2.45) is 5.73 Å². The van der Waals surface area contributed by atoms with E-state index in [0.717, 1.165) is 56.0 Å². The number of ether oxygens (including phenoxy) is 1. The van der Waals surface area contributed by atoms with Crippen molar-refractivity contribution in [3.05, 3.63) is 47.9 Å². The fourth-order valence-corrected chi connectivity index (χ4v) is 4.08. The summed E-state index contributed by atoms with van der Waals surface area (Å²) in [4.78, 5) is 11.4. The normalized spacial score (nSPS) is 22.2. The van der Waals surface area contributed by atoms with E-state index in [1.807, 2.05) is 6.07 Å². The number of benzene rings is 1. The summed E-state index contributed by atoms with van der Waals surface area (Å²) in [6.07, 6.45) is 6.04. The average Bonchev–Trinajstić information content (AvgIpc) is 2.66. The Labute approximate surface area is 173 Å². The van der Waals surface area contributed by atoms with Gasteiger partial charge in [-0.3, -0.25) is 0 Å². The minimum atomic E-state index is 0. The summed E-state index contributed by atoms with van der Waals surface area (Å²) in [6.45, 7) is 2.03. The first-order valence-electron chi connectivity index (χ1n) is 9.20. The molecule has 2 N–H and O–H groups in total. The Balaban J connectivity index is 0.00000131. The van der Waals surface area contributed by atoms with Crippen molar-refractivity contribution in [2.75, 3.05) is 25.1 Å². The number of nitrogens with zero attached hydrogens (tertiary/aromatic N) is 3. The highest BCUT2D eigenvalue weighted by Gasteiger charge is 2.29. The van der Waals surface area contributed by atoms with E-state index in [0.29, 0.717) is 17.9 Å². The van der Waals surface area contributed by atoms with Gasteiger partial charge in [0, 0.05) is 36.8 Å². The largest absolute Gasteiger partial charge is 0.496 e. The number of aromatic nitrogens is 2. The van der Waals surface area contributed by atoms with Crippen LogP contribution < -0.4 is 15.4 Å². The molecule has 5 nitrogen and oxygen atoms in total. The van der Waals surface area contributed by atoms with Crippen LogP contribution >= 0.6 is 24.8 Å². The van der Waals surface area contributed by atoms with Gasteiger partial charge in [0.2, 0.25) is 0 Å². The highest BCUT2D eigenvalue weighted by Crippen LogP contribution is 2.37. The number of hydrogen-bond donors (Lipinski definition) is 1. The van der Waals surface area contributed by atoms with Crippen LogP contribution in [0.4, 0.5) is 5.82 Å². The molecule has 1 aromatic heterocycles. The van der Waals surface area contributed by atoms with Crippen LogP contribution in [0.1, 0.15) is 48.8 Å². The van der Waals surface area contributed by atoms with E-state index in [9.17, 15) is 0 Å². The fraction of sp³-hybridized carbons (Fsp3) is 0.500. The molecule has 4 rings (SSSR count). The third kappa shape index (κ3) is 4.65. The van der Waals surface area contributed by atoms with E-state index >= 15 is 0 Å². The lowest BCUT2D eigenvalue weighted by atomic mass is 9.78. The first-order valence-corrected chi connectivity index (χ1v) is 9.20. The van der Waals surface area contributed by atoms with Gasteiger partial charge in [0.25, 0.3) is 0 Å². The SMILES string of the molecule is COc1ccccc1C1CCN(c2cc(C3CC(N)C3)ncn2)CC1.Cl.Cl. The zero-order valence-corrected chi connectivity index (χ0v) is 17.2. The molecule has 2 heterocycles. The number of piperidine rings is 1. The number of halogens is 2. The van der Waals surface area contributed by atoms with E-state index in [-0.39, 0.29) is 24.8 Å². The monoisotopic (exact) mass is 410 g/mol. The van der Waals surface area contributed by atoms with Gasteiger partial charge in [0.05, 0.1) is 7.11 Å². The van der Waals surface area contributed by atoms with Crippen molar-refractivity contribution >= 4 is 30.6 Å². The molecular formula is C20H28Cl2N4O. The van der Waals surface area contributed by atoms with Crippen LogP contribution in [0.25, 0.3) is 0 Å². The molecule has 2 aromatic rings. The van der Waals surface area contributed by atoms with Crippen LogP contribution in [0.3, 0.4) is 0 Å². The molecule has 1 saturated carbocycles. The Morgan fingerprint density at radius 3 is 2.41 bits per heavy atom. The maximum absolute atomic E-state index is 5.92. The number of methoxy groups -OCH3 is 1. The van der Waals surface area contributed by atoms with Gasteiger partial charge in [0.1, 0.15) is 17.9 Å². The number of anilines is 1. The summed E-state index contributed by atoms with van der Waals surface area (Å²) in [5.74, 6) is 3.14. The number of nitrogens with two attached hydrogens (primary N) is 1. The number of hydrogen-bond acceptors (Lipinski definition) is 5. The highest BCUT2D eigenvalue weighted by molar-refractivity contribution is 5.85. The standard InChI is InChI=1S/C20H26N4O.2ClH/c1-25-19-5-3-2-4-17(19)14-6-8-24(9-7-14)20-12-18(22-13-23-20)15-10-16(21)11-15;;/h2-5,12-16H,6-11,21H2,1H3;2*1H.